The standard InChI is InChI=1S/C22H35N3O2/c1-21-10-8-15(27-3)12-14(21)4-5-16-17-6-7-19(20(26)13-24-25-23)22(17,2)11-9-18(16)21/h14-19H,4-13H2,1-3H3/t14-,15-,16-,17-,18-,19+,21-,22-/m0/s1. The zero-order valence-corrected chi connectivity index (χ0v) is 17.2. The van der Waals surface area contributed by atoms with Crippen LogP contribution in [0.25, 0.3) is 10.4 Å². The van der Waals surface area contributed by atoms with E-state index in [1.807, 2.05) is 7.11 Å². The van der Waals surface area contributed by atoms with Gasteiger partial charge in [-0.15, -0.1) is 0 Å². The average Bonchev–Trinajstić information content (AvgIpc) is 3.02. The van der Waals surface area contributed by atoms with Crippen LogP contribution < -0.4 is 0 Å². The van der Waals surface area contributed by atoms with Crippen molar-refractivity contribution in [2.45, 2.75) is 77.7 Å². The van der Waals surface area contributed by atoms with E-state index < -0.39 is 0 Å². The first-order valence-electron chi connectivity index (χ1n) is 11.0. The van der Waals surface area contributed by atoms with Crippen LogP contribution in [0.15, 0.2) is 5.11 Å². The fourth-order valence-corrected chi connectivity index (χ4v) is 8.17. The molecule has 5 heteroatoms. The number of carbonyl (C=O) groups is 1. The van der Waals surface area contributed by atoms with Crippen molar-refractivity contribution >= 4 is 5.78 Å². The minimum atomic E-state index is 0.0375. The summed E-state index contributed by atoms with van der Waals surface area (Å²) in [6.45, 7) is 4.98. The van der Waals surface area contributed by atoms with Gasteiger partial charge in [-0.1, -0.05) is 19.0 Å². The summed E-state index contributed by atoms with van der Waals surface area (Å²) in [5, 5.41) is 3.57. The van der Waals surface area contributed by atoms with Gasteiger partial charge < -0.3 is 4.74 Å². The van der Waals surface area contributed by atoms with E-state index in [0.29, 0.717) is 17.4 Å². The zero-order valence-electron chi connectivity index (χ0n) is 17.2. The number of rotatable bonds is 4. The van der Waals surface area contributed by atoms with Crippen molar-refractivity contribution in [3.8, 4) is 0 Å². The van der Waals surface area contributed by atoms with Crippen LogP contribution in [0.3, 0.4) is 0 Å². The summed E-state index contributed by atoms with van der Waals surface area (Å²) in [7, 11) is 1.87. The van der Waals surface area contributed by atoms with E-state index in [0.717, 1.165) is 24.2 Å². The van der Waals surface area contributed by atoms with Crippen molar-refractivity contribution in [2.75, 3.05) is 13.7 Å². The maximum Gasteiger partial charge on any atom is 0.142 e. The molecule has 5 nitrogen and oxygen atoms in total. The second-order valence-electron chi connectivity index (χ2n) is 10.3. The molecule has 0 heterocycles. The molecule has 4 aliphatic carbocycles. The average molecular weight is 374 g/mol. The number of methoxy groups -OCH3 is 1. The Hall–Kier alpha value is -1.06. The van der Waals surface area contributed by atoms with Crippen LogP contribution >= 0.6 is 0 Å². The number of hydrogen-bond donors (Lipinski definition) is 0. The Morgan fingerprint density at radius 3 is 2.56 bits per heavy atom. The van der Waals surface area contributed by atoms with Crippen molar-refractivity contribution in [1.82, 2.24) is 0 Å². The quantitative estimate of drug-likeness (QED) is 0.368. The molecule has 4 saturated carbocycles. The van der Waals surface area contributed by atoms with Gasteiger partial charge in [0.05, 0.1) is 12.6 Å². The maximum absolute atomic E-state index is 12.7. The van der Waals surface area contributed by atoms with E-state index in [9.17, 15) is 4.79 Å². The summed E-state index contributed by atoms with van der Waals surface area (Å²) in [6.07, 6.45) is 11.5. The van der Waals surface area contributed by atoms with E-state index in [1.165, 1.54) is 51.4 Å². The molecule has 4 rings (SSSR count). The van der Waals surface area contributed by atoms with Gasteiger partial charge in [0.1, 0.15) is 5.78 Å². The van der Waals surface area contributed by atoms with E-state index in [4.69, 9.17) is 10.3 Å². The molecule has 4 fully saturated rings. The lowest BCUT2D eigenvalue weighted by Crippen LogP contribution is -2.54. The third kappa shape index (κ3) is 2.93. The highest BCUT2D eigenvalue weighted by molar-refractivity contribution is 5.84. The molecule has 0 unspecified atom stereocenters. The van der Waals surface area contributed by atoms with E-state index in [2.05, 4.69) is 23.9 Å². The lowest BCUT2D eigenvalue weighted by molar-refractivity contribution is -0.140. The third-order valence-electron chi connectivity index (χ3n) is 9.63. The van der Waals surface area contributed by atoms with Crippen molar-refractivity contribution in [2.24, 2.45) is 45.5 Å². The summed E-state index contributed by atoms with van der Waals surface area (Å²) >= 11 is 0. The highest BCUT2D eigenvalue weighted by Gasteiger charge is 2.61. The van der Waals surface area contributed by atoms with Crippen LogP contribution in [0.4, 0.5) is 0 Å². The first-order chi connectivity index (χ1) is 12.9. The lowest BCUT2D eigenvalue weighted by Gasteiger charge is -2.61. The van der Waals surface area contributed by atoms with Crippen molar-refractivity contribution < 1.29 is 9.53 Å². The third-order valence-corrected chi connectivity index (χ3v) is 9.63. The fraction of sp³-hybridized carbons (Fsp3) is 0.955. The Bertz CT molecular complexity index is 645. The molecule has 0 aliphatic heterocycles. The smallest absolute Gasteiger partial charge is 0.142 e. The number of fused-ring (bicyclic) bond motifs is 5. The number of azide groups is 1. The minimum Gasteiger partial charge on any atom is -0.381 e. The highest BCUT2D eigenvalue weighted by atomic mass is 16.5. The minimum absolute atomic E-state index is 0.0375. The second kappa shape index (κ2) is 7.08. The maximum atomic E-state index is 12.7. The molecular formula is C22H35N3O2. The SMILES string of the molecule is CO[C@H]1CC[C@@]2(C)[C@@H](CC[C@@H]3[C@@H]2CC[C@]2(C)[C@@H](C(=O)CN=[N+]=[N-])CC[C@@H]32)C1. The van der Waals surface area contributed by atoms with Crippen molar-refractivity contribution in [3.05, 3.63) is 10.4 Å². The van der Waals surface area contributed by atoms with Crippen LogP contribution in [-0.4, -0.2) is 25.5 Å². The van der Waals surface area contributed by atoms with Crippen LogP contribution in [0.5, 0.6) is 0 Å². The molecule has 0 aromatic heterocycles. The van der Waals surface area contributed by atoms with Crippen LogP contribution in [-0.2, 0) is 9.53 Å². The Balaban J connectivity index is 1.54. The Labute approximate surface area is 163 Å². The predicted octanol–water partition coefficient (Wildman–Crippen LogP) is 5.54. The van der Waals surface area contributed by atoms with Gasteiger partial charge in [-0.3, -0.25) is 4.79 Å². The van der Waals surface area contributed by atoms with Gasteiger partial charge in [-0.05, 0) is 97.8 Å². The summed E-state index contributed by atoms with van der Waals surface area (Å²) in [4.78, 5) is 15.5. The molecule has 0 bridgehead atoms. The van der Waals surface area contributed by atoms with E-state index >= 15 is 0 Å². The van der Waals surface area contributed by atoms with E-state index in [1.54, 1.807) is 0 Å². The Morgan fingerprint density at radius 2 is 1.81 bits per heavy atom. The fourth-order valence-electron chi connectivity index (χ4n) is 8.17. The largest absolute Gasteiger partial charge is 0.381 e. The molecule has 0 spiro atoms. The van der Waals surface area contributed by atoms with Crippen molar-refractivity contribution in [3.63, 3.8) is 0 Å². The number of carbonyl (C=O) groups excluding carboxylic acids is 1. The molecule has 0 radical (unpaired) electrons. The van der Waals surface area contributed by atoms with Gasteiger partial charge in [0, 0.05) is 17.9 Å². The molecule has 8 atom stereocenters. The molecule has 0 N–H and O–H groups in total. The van der Waals surface area contributed by atoms with Crippen LogP contribution in [0.2, 0.25) is 0 Å². The van der Waals surface area contributed by atoms with Gasteiger partial charge >= 0.3 is 0 Å². The monoisotopic (exact) mass is 373 g/mol. The summed E-state index contributed by atoms with van der Waals surface area (Å²) in [5.74, 6) is 3.36. The molecule has 0 aromatic rings. The zero-order chi connectivity index (χ0) is 19.2. The molecular weight excluding hydrogens is 338 g/mol. The molecule has 150 valence electrons. The number of ketones is 1. The highest BCUT2D eigenvalue weighted by Crippen LogP contribution is 2.67. The first-order valence-corrected chi connectivity index (χ1v) is 11.0. The lowest BCUT2D eigenvalue weighted by atomic mass is 9.44. The normalized spacial score (nSPS) is 48.7. The Kier molecular flexibility index (Phi) is 5.05. The molecule has 4 aliphatic rings. The Morgan fingerprint density at radius 1 is 1.07 bits per heavy atom. The molecule has 0 saturated heterocycles. The summed E-state index contributed by atoms with van der Waals surface area (Å²) in [5.41, 5.74) is 9.17. The topological polar surface area (TPSA) is 75.1 Å². The number of hydrogen-bond acceptors (Lipinski definition) is 3. The van der Waals surface area contributed by atoms with Gasteiger partial charge in [0.25, 0.3) is 0 Å². The second-order valence-corrected chi connectivity index (χ2v) is 10.3. The summed E-state index contributed by atoms with van der Waals surface area (Å²) < 4.78 is 5.71. The molecule has 0 amide bonds. The van der Waals surface area contributed by atoms with E-state index in [-0.39, 0.29) is 23.7 Å². The van der Waals surface area contributed by atoms with Crippen molar-refractivity contribution in [1.29, 1.82) is 0 Å². The number of ether oxygens (including phenoxy) is 1. The molecule has 0 aromatic carbocycles. The van der Waals surface area contributed by atoms with Crippen LogP contribution in [0.1, 0.15) is 71.6 Å². The summed E-state index contributed by atoms with van der Waals surface area (Å²) in [6, 6.07) is 0. The van der Waals surface area contributed by atoms with Gasteiger partial charge in [0.15, 0.2) is 0 Å². The van der Waals surface area contributed by atoms with Gasteiger partial charge in [-0.2, -0.15) is 0 Å². The molecule has 27 heavy (non-hydrogen) atoms. The number of nitrogens with zero attached hydrogens (tertiary/aromatic N) is 3. The predicted molar refractivity (Wildman–Crippen MR) is 105 cm³/mol. The van der Waals surface area contributed by atoms with Gasteiger partial charge in [0.2, 0.25) is 0 Å². The van der Waals surface area contributed by atoms with Crippen LogP contribution in [0, 0.1) is 40.4 Å². The first kappa shape index (κ1) is 19.3. The van der Waals surface area contributed by atoms with Gasteiger partial charge in [-0.25, -0.2) is 0 Å². The number of Topliss-reactive ketones (excluding diaryl/α,β-unsaturated/α-hetero) is 1.